The second-order valence-electron chi connectivity index (χ2n) is 8.39. The van der Waals surface area contributed by atoms with Gasteiger partial charge in [0.1, 0.15) is 0 Å². The molecule has 20 heavy (non-hydrogen) atoms. The smallest absolute Gasteiger partial charge is 0.330 e. The van der Waals surface area contributed by atoms with Crippen LogP contribution in [0.25, 0.3) is 0 Å². The highest BCUT2D eigenvalue weighted by Gasteiger charge is 3.08. The van der Waals surface area contributed by atoms with Crippen LogP contribution in [0.1, 0.15) is 58.3 Å². The number of carbonyl (C=O) groups is 1. The molecule has 0 N–H and O–H groups in total. The van der Waals surface area contributed by atoms with E-state index < -0.39 is 0 Å². The first-order valence-corrected chi connectivity index (χ1v) is 8.56. The van der Waals surface area contributed by atoms with Crippen LogP contribution in [0.2, 0.25) is 0 Å². The molecule has 6 saturated carbocycles. The minimum atomic E-state index is -0.0675. The number of ether oxygens (including phenoxy) is 1. The molecular formula is C18H22O2. The van der Waals surface area contributed by atoms with Crippen LogP contribution >= 0.6 is 0 Å². The van der Waals surface area contributed by atoms with E-state index in [4.69, 9.17) is 4.74 Å². The van der Waals surface area contributed by atoms with Gasteiger partial charge < -0.3 is 4.74 Å². The van der Waals surface area contributed by atoms with Crippen LogP contribution < -0.4 is 0 Å². The largest absolute Gasteiger partial charge is 0.463 e. The third-order valence-corrected chi connectivity index (χ3v) is 8.39. The monoisotopic (exact) mass is 270 g/mol. The van der Waals surface area contributed by atoms with Crippen molar-refractivity contribution >= 4 is 5.97 Å². The van der Waals surface area contributed by atoms with Gasteiger partial charge in [-0.25, -0.2) is 4.79 Å². The van der Waals surface area contributed by atoms with Crippen molar-refractivity contribution in [2.24, 2.45) is 27.1 Å². The summed E-state index contributed by atoms with van der Waals surface area (Å²) in [7, 11) is 0. The number of hydrogen-bond acceptors (Lipinski definition) is 2. The van der Waals surface area contributed by atoms with Gasteiger partial charge in [0.25, 0.3) is 0 Å². The maximum Gasteiger partial charge on any atom is 0.330 e. The van der Waals surface area contributed by atoms with Crippen LogP contribution in [-0.4, -0.2) is 12.6 Å². The Morgan fingerprint density at radius 3 is 1.95 bits per heavy atom. The van der Waals surface area contributed by atoms with Gasteiger partial charge in [-0.05, 0) is 85.5 Å². The lowest BCUT2D eigenvalue weighted by molar-refractivity contribution is -0.137. The maximum atomic E-state index is 12.1. The van der Waals surface area contributed by atoms with Crippen LogP contribution in [0.15, 0.2) is 11.6 Å². The predicted octanol–water partition coefficient (Wildman–Crippen LogP) is 3.61. The van der Waals surface area contributed by atoms with E-state index in [1.54, 1.807) is 5.57 Å². The van der Waals surface area contributed by atoms with Crippen LogP contribution in [0.4, 0.5) is 0 Å². The molecule has 0 radical (unpaired) electrons. The fourth-order valence-corrected chi connectivity index (χ4v) is 7.80. The number of allylic oxidation sites excluding steroid dienone is 1. The van der Waals surface area contributed by atoms with Crippen LogP contribution in [0.5, 0.6) is 0 Å². The summed E-state index contributed by atoms with van der Waals surface area (Å²) in [5.41, 5.74) is 4.55. The molecule has 0 amide bonds. The van der Waals surface area contributed by atoms with Crippen molar-refractivity contribution in [2.45, 2.75) is 58.3 Å². The molecule has 6 rings (SSSR count). The molecule has 6 fully saturated rings. The summed E-state index contributed by atoms with van der Waals surface area (Å²) in [5, 5.41) is 0. The van der Waals surface area contributed by atoms with E-state index in [2.05, 4.69) is 0 Å². The van der Waals surface area contributed by atoms with Crippen LogP contribution in [0, 0.1) is 27.1 Å². The number of rotatable bonds is 2. The average Bonchev–Trinajstić information content (AvgIpc) is 3.22. The third-order valence-electron chi connectivity index (χ3n) is 8.39. The molecule has 6 aliphatic carbocycles. The molecule has 2 heteroatoms. The Labute approximate surface area is 119 Å². The van der Waals surface area contributed by atoms with Gasteiger partial charge in [-0.2, -0.15) is 0 Å². The molecule has 5 spiro atoms. The molecule has 0 atom stereocenters. The number of esters is 1. The Kier molecular flexibility index (Phi) is 1.37. The zero-order valence-corrected chi connectivity index (χ0v) is 12.3. The van der Waals surface area contributed by atoms with E-state index in [0.717, 1.165) is 0 Å². The molecule has 2 nitrogen and oxygen atoms in total. The van der Waals surface area contributed by atoms with E-state index in [-0.39, 0.29) is 5.97 Å². The summed E-state index contributed by atoms with van der Waals surface area (Å²) in [6, 6.07) is 0. The zero-order valence-electron chi connectivity index (χ0n) is 12.3. The highest BCUT2D eigenvalue weighted by Crippen LogP contribution is 3.14. The number of fused-ring (bicyclic) bond motifs is 5. The lowest BCUT2D eigenvalue weighted by Crippen LogP contribution is -2.49. The summed E-state index contributed by atoms with van der Waals surface area (Å²) in [6.07, 6.45) is 13.4. The molecule has 0 heterocycles. The van der Waals surface area contributed by atoms with E-state index in [9.17, 15) is 4.79 Å². The van der Waals surface area contributed by atoms with Crippen molar-refractivity contribution in [3.8, 4) is 0 Å². The van der Waals surface area contributed by atoms with Crippen molar-refractivity contribution in [1.29, 1.82) is 0 Å². The van der Waals surface area contributed by atoms with Crippen LogP contribution in [-0.2, 0) is 9.53 Å². The fourth-order valence-electron chi connectivity index (χ4n) is 7.80. The molecule has 0 saturated heterocycles. The van der Waals surface area contributed by atoms with Gasteiger partial charge in [-0.3, -0.25) is 0 Å². The zero-order chi connectivity index (χ0) is 13.4. The standard InChI is InChI=1S/C18H22O2/c1-2-20-13(19)11-12-14(3-4-14)15(5-6-15)18(12)16(7-8-16)17(18)9-10-17/h11H,2-10H2,1H3/b12-11+. The lowest BCUT2D eigenvalue weighted by Gasteiger charge is -2.53. The van der Waals surface area contributed by atoms with Crippen molar-refractivity contribution in [1.82, 2.24) is 0 Å². The average molecular weight is 270 g/mol. The molecule has 106 valence electrons. The topological polar surface area (TPSA) is 26.3 Å². The first-order valence-electron chi connectivity index (χ1n) is 8.56. The van der Waals surface area contributed by atoms with Crippen molar-refractivity contribution in [3.05, 3.63) is 11.6 Å². The summed E-state index contributed by atoms with van der Waals surface area (Å²) >= 11 is 0. The Balaban J connectivity index is 1.50. The molecular weight excluding hydrogens is 248 g/mol. The maximum absolute atomic E-state index is 12.1. The van der Waals surface area contributed by atoms with Crippen molar-refractivity contribution < 1.29 is 9.53 Å². The van der Waals surface area contributed by atoms with Gasteiger partial charge in [0, 0.05) is 11.5 Å². The lowest BCUT2D eigenvalue weighted by atomic mass is 9.49. The summed E-state index contributed by atoms with van der Waals surface area (Å²) in [6.45, 7) is 2.41. The van der Waals surface area contributed by atoms with Crippen LogP contribution in [0.3, 0.4) is 0 Å². The molecule has 0 bridgehead atoms. The van der Waals surface area contributed by atoms with Gasteiger partial charge >= 0.3 is 5.97 Å². The van der Waals surface area contributed by atoms with Gasteiger partial charge in [0.2, 0.25) is 0 Å². The molecule has 0 aliphatic heterocycles. The molecule has 0 aromatic heterocycles. The van der Waals surface area contributed by atoms with Gasteiger partial charge in [0.15, 0.2) is 0 Å². The van der Waals surface area contributed by atoms with E-state index in [0.29, 0.717) is 33.7 Å². The second-order valence-corrected chi connectivity index (χ2v) is 8.39. The molecule has 0 aromatic rings. The Morgan fingerprint density at radius 2 is 1.55 bits per heavy atom. The quantitative estimate of drug-likeness (QED) is 0.566. The van der Waals surface area contributed by atoms with Crippen molar-refractivity contribution in [2.75, 3.05) is 6.61 Å². The van der Waals surface area contributed by atoms with E-state index in [1.165, 1.54) is 51.4 Å². The minimum Gasteiger partial charge on any atom is -0.463 e. The molecule has 0 unspecified atom stereocenters. The third kappa shape index (κ3) is 0.686. The first-order chi connectivity index (χ1) is 9.66. The van der Waals surface area contributed by atoms with E-state index >= 15 is 0 Å². The van der Waals surface area contributed by atoms with Crippen molar-refractivity contribution in [3.63, 3.8) is 0 Å². The number of hydrogen-bond donors (Lipinski definition) is 0. The molecule has 6 aliphatic rings. The molecule has 0 aromatic carbocycles. The second kappa shape index (κ2) is 2.53. The highest BCUT2D eigenvalue weighted by molar-refractivity contribution is 5.86. The van der Waals surface area contributed by atoms with Gasteiger partial charge in [-0.1, -0.05) is 0 Å². The Bertz CT molecular complexity index is 577. The first kappa shape index (κ1) is 10.9. The fraction of sp³-hybridized carbons (Fsp3) is 0.833. The highest BCUT2D eigenvalue weighted by atomic mass is 16.5. The van der Waals surface area contributed by atoms with Gasteiger partial charge in [0.05, 0.1) is 6.61 Å². The van der Waals surface area contributed by atoms with E-state index in [1.807, 2.05) is 13.0 Å². The minimum absolute atomic E-state index is 0.0675. The summed E-state index contributed by atoms with van der Waals surface area (Å²) < 4.78 is 5.24. The summed E-state index contributed by atoms with van der Waals surface area (Å²) in [4.78, 5) is 12.1. The Morgan fingerprint density at radius 1 is 1.00 bits per heavy atom. The SMILES string of the molecule is CCOC(=O)/C=C1\C2(CC2)C2(CC2)C12C1(CC1)C21CC1. The predicted molar refractivity (Wildman–Crippen MR) is 73.8 cm³/mol. The number of carbonyl (C=O) groups excluding carboxylic acids is 1. The summed E-state index contributed by atoms with van der Waals surface area (Å²) in [5.74, 6) is -0.0675. The Hall–Kier alpha value is -0.790. The normalized spacial score (nSPS) is 40.1. The van der Waals surface area contributed by atoms with Gasteiger partial charge in [-0.15, -0.1) is 0 Å².